The molecule has 58 valence electrons. The fourth-order valence-electron chi connectivity index (χ4n) is 0.497. The van der Waals surface area contributed by atoms with Crippen LogP contribution in [0.5, 0.6) is 0 Å². The highest BCUT2D eigenvalue weighted by molar-refractivity contribution is 5.17. The Morgan fingerprint density at radius 3 is 1.90 bits per heavy atom. The topological polar surface area (TPSA) is 81.3 Å². The first-order valence-corrected chi connectivity index (χ1v) is 2.89. The van der Waals surface area contributed by atoms with Crippen molar-refractivity contribution in [2.24, 2.45) is 17.2 Å². The Kier molecular flexibility index (Phi) is 3.17. The van der Waals surface area contributed by atoms with Crippen molar-refractivity contribution >= 4 is 0 Å². The quantitative estimate of drug-likeness (QED) is 0.437. The zero-order valence-electron chi connectivity index (χ0n) is 6.33. The first-order chi connectivity index (χ1) is 4.57. The minimum absolute atomic E-state index is 0.255. The molecule has 0 amide bonds. The monoisotopic (exact) mass is 142 g/mol. The fourth-order valence-corrected chi connectivity index (χ4v) is 0.497. The molecule has 0 rings (SSSR count). The molecule has 0 aliphatic rings. The molecule has 0 aromatic rings. The van der Waals surface area contributed by atoms with Gasteiger partial charge in [0.2, 0.25) is 0 Å². The maximum absolute atomic E-state index is 5.26. The van der Waals surface area contributed by atoms with Gasteiger partial charge in [0.05, 0.1) is 11.5 Å². The number of allylic oxidation sites excluding steroid dienone is 1. The normalized spacial score (nSPS) is 10.8. The van der Waals surface area contributed by atoms with Gasteiger partial charge in [0, 0.05) is 26.4 Å². The van der Waals surface area contributed by atoms with Crippen LogP contribution < -0.4 is 17.2 Å². The van der Waals surface area contributed by atoms with E-state index in [-0.39, 0.29) is 5.82 Å². The lowest BCUT2D eigenvalue weighted by Gasteiger charge is -2.12. The molecule has 0 aromatic carbocycles. The molecule has 0 atom stereocenters. The summed E-state index contributed by atoms with van der Waals surface area (Å²) in [6.07, 6.45) is 3.04. The van der Waals surface area contributed by atoms with E-state index in [2.05, 4.69) is 0 Å². The second-order valence-electron chi connectivity index (χ2n) is 2.13. The summed E-state index contributed by atoms with van der Waals surface area (Å²) in [4.78, 5) is 1.82. The lowest BCUT2D eigenvalue weighted by molar-refractivity contribution is 0.527. The van der Waals surface area contributed by atoms with Crippen molar-refractivity contribution in [2.45, 2.75) is 0 Å². The average Bonchev–Trinajstić information content (AvgIpc) is 1.81. The minimum atomic E-state index is 0.255. The van der Waals surface area contributed by atoms with Crippen LogP contribution in [0.3, 0.4) is 0 Å². The Balaban J connectivity index is 4.26. The molecule has 0 aliphatic carbocycles. The third-order valence-electron chi connectivity index (χ3n) is 1.00. The van der Waals surface area contributed by atoms with Gasteiger partial charge in [-0.15, -0.1) is 0 Å². The van der Waals surface area contributed by atoms with Gasteiger partial charge in [-0.1, -0.05) is 0 Å². The van der Waals surface area contributed by atoms with Crippen LogP contribution in [0.1, 0.15) is 0 Å². The summed E-state index contributed by atoms with van der Waals surface area (Å²) in [5.74, 6) is 0.255. The standard InChI is InChI=1S/C6H14N4/c1-10(2)5(4-7)3-6(8)9/h3-4H,7-9H2,1-2H3/b5-4+. The number of nitrogens with zero attached hydrogens (tertiary/aromatic N) is 1. The van der Waals surface area contributed by atoms with E-state index in [1.807, 2.05) is 19.0 Å². The highest BCUT2D eigenvalue weighted by Crippen LogP contribution is 1.97. The van der Waals surface area contributed by atoms with Gasteiger partial charge >= 0.3 is 0 Å². The molecule has 6 N–H and O–H groups in total. The van der Waals surface area contributed by atoms with E-state index in [1.165, 1.54) is 6.20 Å². The zero-order valence-corrected chi connectivity index (χ0v) is 6.33. The highest BCUT2D eigenvalue weighted by Gasteiger charge is 1.92. The first kappa shape index (κ1) is 8.68. The lowest BCUT2D eigenvalue weighted by atomic mass is 10.4. The third-order valence-corrected chi connectivity index (χ3v) is 1.00. The molecule has 4 heteroatoms. The van der Waals surface area contributed by atoms with E-state index >= 15 is 0 Å². The SMILES string of the molecule is CN(C)/C(C=C(N)N)=C/N. The van der Waals surface area contributed by atoms with Gasteiger partial charge < -0.3 is 22.1 Å². The van der Waals surface area contributed by atoms with Crippen molar-refractivity contribution in [1.82, 2.24) is 4.90 Å². The minimum Gasteiger partial charge on any atom is -0.403 e. The van der Waals surface area contributed by atoms with Crippen LogP contribution in [0.2, 0.25) is 0 Å². The zero-order chi connectivity index (χ0) is 8.15. The van der Waals surface area contributed by atoms with Crippen LogP contribution in [0.15, 0.2) is 23.8 Å². The Labute approximate surface area is 61.0 Å². The van der Waals surface area contributed by atoms with Crippen LogP contribution in [-0.4, -0.2) is 19.0 Å². The van der Waals surface area contributed by atoms with Crippen molar-refractivity contribution in [3.05, 3.63) is 23.8 Å². The Hall–Kier alpha value is -1.32. The second-order valence-corrected chi connectivity index (χ2v) is 2.13. The Bertz CT molecular complexity index is 153. The number of hydrogen-bond acceptors (Lipinski definition) is 4. The van der Waals surface area contributed by atoms with Crippen LogP contribution in [-0.2, 0) is 0 Å². The molecule has 0 spiro atoms. The van der Waals surface area contributed by atoms with Gasteiger partial charge in [-0.25, -0.2) is 0 Å². The summed E-state index contributed by atoms with van der Waals surface area (Å²) < 4.78 is 0. The summed E-state index contributed by atoms with van der Waals surface area (Å²) in [6.45, 7) is 0. The average molecular weight is 142 g/mol. The van der Waals surface area contributed by atoms with Gasteiger partial charge in [-0.2, -0.15) is 0 Å². The fraction of sp³-hybridized carbons (Fsp3) is 0.333. The molecular weight excluding hydrogens is 128 g/mol. The highest BCUT2D eigenvalue weighted by atomic mass is 15.1. The van der Waals surface area contributed by atoms with Gasteiger partial charge in [-0.3, -0.25) is 0 Å². The third kappa shape index (κ3) is 2.86. The van der Waals surface area contributed by atoms with E-state index in [0.29, 0.717) is 0 Å². The molecule has 0 aliphatic heterocycles. The summed E-state index contributed by atoms with van der Waals surface area (Å²) in [5.41, 5.74) is 16.5. The summed E-state index contributed by atoms with van der Waals surface area (Å²) in [6, 6.07) is 0. The van der Waals surface area contributed by atoms with E-state index in [9.17, 15) is 0 Å². The molecule has 10 heavy (non-hydrogen) atoms. The summed E-state index contributed by atoms with van der Waals surface area (Å²) in [7, 11) is 3.72. The number of nitrogens with two attached hydrogens (primary N) is 3. The predicted octanol–water partition coefficient (Wildman–Crippen LogP) is -0.893. The van der Waals surface area contributed by atoms with Crippen LogP contribution >= 0.6 is 0 Å². The van der Waals surface area contributed by atoms with Gasteiger partial charge in [0.1, 0.15) is 0 Å². The molecular formula is C6H14N4. The number of likely N-dealkylation sites (N-methyl/N-ethyl adjacent to an activating group) is 1. The molecule has 0 radical (unpaired) electrons. The molecule has 0 heterocycles. The Morgan fingerprint density at radius 2 is 1.80 bits per heavy atom. The lowest BCUT2D eigenvalue weighted by Crippen LogP contribution is -2.15. The van der Waals surface area contributed by atoms with Gasteiger partial charge in [0.25, 0.3) is 0 Å². The first-order valence-electron chi connectivity index (χ1n) is 2.89. The van der Waals surface area contributed by atoms with Crippen LogP contribution in [0, 0.1) is 0 Å². The maximum atomic E-state index is 5.26. The van der Waals surface area contributed by atoms with E-state index < -0.39 is 0 Å². The van der Waals surface area contributed by atoms with Crippen molar-refractivity contribution in [1.29, 1.82) is 0 Å². The van der Waals surface area contributed by atoms with E-state index in [4.69, 9.17) is 17.2 Å². The number of rotatable bonds is 2. The van der Waals surface area contributed by atoms with Crippen molar-refractivity contribution in [2.75, 3.05) is 14.1 Å². The Morgan fingerprint density at radius 1 is 1.30 bits per heavy atom. The van der Waals surface area contributed by atoms with Crippen LogP contribution in [0.4, 0.5) is 0 Å². The molecule has 0 fully saturated rings. The summed E-state index contributed by atoms with van der Waals surface area (Å²) in [5, 5.41) is 0. The molecule has 0 aromatic heterocycles. The van der Waals surface area contributed by atoms with E-state index in [0.717, 1.165) is 5.70 Å². The van der Waals surface area contributed by atoms with E-state index in [1.54, 1.807) is 6.08 Å². The van der Waals surface area contributed by atoms with Crippen molar-refractivity contribution < 1.29 is 0 Å². The molecule has 4 nitrogen and oxygen atoms in total. The second kappa shape index (κ2) is 3.66. The maximum Gasteiger partial charge on any atom is 0.0955 e. The molecule has 0 saturated carbocycles. The predicted molar refractivity (Wildman–Crippen MR) is 42.4 cm³/mol. The van der Waals surface area contributed by atoms with Gasteiger partial charge in [0.15, 0.2) is 0 Å². The largest absolute Gasteiger partial charge is 0.403 e. The van der Waals surface area contributed by atoms with Crippen LogP contribution in [0.25, 0.3) is 0 Å². The van der Waals surface area contributed by atoms with Gasteiger partial charge in [-0.05, 0) is 0 Å². The van der Waals surface area contributed by atoms with Crippen molar-refractivity contribution in [3.63, 3.8) is 0 Å². The molecule has 0 bridgehead atoms. The molecule has 0 saturated heterocycles. The molecule has 0 unspecified atom stereocenters. The van der Waals surface area contributed by atoms with Crippen molar-refractivity contribution in [3.8, 4) is 0 Å². The smallest absolute Gasteiger partial charge is 0.0955 e. The number of hydrogen-bond donors (Lipinski definition) is 3. The summed E-state index contributed by atoms with van der Waals surface area (Å²) >= 11 is 0.